The van der Waals surface area contributed by atoms with Crippen LogP contribution in [-0.4, -0.2) is 52.3 Å². The summed E-state index contributed by atoms with van der Waals surface area (Å²) in [5.74, 6) is 0.307. The van der Waals surface area contributed by atoms with Gasteiger partial charge in [-0.2, -0.15) is 0 Å². The minimum atomic E-state index is -0.119. The summed E-state index contributed by atoms with van der Waals surface area (Å²) >= 11 is 1.33. The van der Waals surface area contributed by atoms with Crippen LogP contribution in [0.5, 0.6) is 0 Å². The normalized spacial score (nSPS) is 13.8. The molecule has 0 spiro atoms. The van der Waals surface area contributed by atoms with Crippen LogP contribution in [0.3, 0.4) is 0 Å². The summed E-state index contributed by atoms with van der Waals surface area (Å²) in [5.41, 5.74) is 4.93. The van der Waals surface area contributed by atoms with E-state index in [0.717, 1.165) is 25.2 Å². The molecule has 1 aliphatic rings. The van der Waals surface area contributed by atoms with Gasteiger partial charge in [-0.15, -0.1) is 0 Å². The average Bonchev–Trinajstić information content (AvgIpc) is 2.92. The minimum absolute atomic E-state index is 0.0687. The molecule has 6 nitrogen and oxygen atoms in total. The Bertz CT molecular complexity index is 1440. The number of hydrogen-bond acceptors (Lipinski definition) is 5. The molecule has 1 aromatic heterocycles. The summed E-state index contributed by atoms with van der Waals surface area (Å²) < 4.78 is 1.63. The Hall–Kier alpha value is -3.58. The second-order valence-corrected chi connectivity index (χ2v) is 10.0. The number of thioether (sulfide) groups is 1. The van der Waals surface area contributed by atoms with Crippen molar-refractivity contribution >= 4 is 34.3 Å². The van der Waals surface area contributed by atoms with Crippen LogP contribution in [0.2, 0.25) is 0 Å². The molecule has 7 heteroatoms. The summed E-state index contributed by atoms with van der Waals surface area (Å²) in [6.45, 7) is 7.18. The van der Waals surface area contributed by atoms with Gasteiger partial charge in [0.1, 0.15) is 0 Å². The number of amides is 1. The van der Waals surface area contributed by atoms with E-state index in [0.29, 0.717) is 29.1 Å². The van der Waals surface area contributed by atoms with Crippen molar-refractivity contribution < 1.29 is 4.79 Å². The molecule has 0 atom stereocenters. The topological polar surface area (TPSA) is 58.4 Å². The highest BCUT2D eigenvalue weighted by molar-refractivity contribution is 7.99. The van der Waals surface area contributed by atoms with E-state index in [9.17, 15) is 9.59 Å². The van der Waals surface area contributed by atoms with Crippen molar-refractivity contribution in [2.24, 2.45) is 0 Å². The average molecular weight is 499 g/mol. The molecule has 0 unspecified atom stereocenters. The fourth-order valence-electron chi connectivity index (χ4n) is 4.57. The SMILES string of the molecule is CCc1ccc(-n2c(SCC(=O)N3CCN(c4cccc(C)c4)CC3)nc3ccccc3c2=O)cc1. The number of anilines is 1. The van der Waals surface area contributed by atoms with Crippen LogP contribution in [0.1, 0.15) is 18.1 Å². The van der Waals surface area contributed by atoms with Crippen LogP contribution in [0.15, 0.2) is 82.7 Å². The van der Waals surface area contributed by atoms with E-state index in [4.69, 9.17) is 4.98 Å². The third kappa shape index (κ3) is 5.02. The molecular weight excluding hydrogens is 468 g/mol. The number of benzene rings is 3. The number of nitrogens with zero attached hydrogens (tertiary/aromatic N) is 4. The van der Waals surface area contributed by atoms with Gasteiger partial charge in [-0.1, -0.05) is 55.1 Å². The Morgan fingerprint density at radius 1 is 0.917 bits per heavy atom. The van der Waals surface area contributed by atoms with Gasteiger partial charge in [-0.25, -0.2) is 4.98 Å². The Morgan fingerprint density at radius 2 is 1.67 bits per heavy atom. The van der Waals surface area contributed by atoms with Crippen molar-refractivity contribution in [1.29, 1.82) is 0 Å². The van der Waals surface area contributed by atoms with Gasteiger partial charge in [0.15, 0.2) is 5.16 Å². The Morgan fingerprint density at radius 3 is 2.39 bits per heavy atom. The molecule has 1 amide bonds. The van der Waals surface area contributed by atoms with E-state index >= 15 is 0 Å². The Balaban J connectivity index is 1.34. The Kier molecular flexibility index (Phi) is 7.09. The van der Waals surface area contributed by atoms with Crippen LogP contribution in [0, 0.1) is 6.92 Å². The van der Waals surface area contributed by atoms with E-state index in [1.165, 1.54) is 28.6 Å². The molecule has 0 saturated carbocycles. The molecule has 184 valence electrons. The monoisotopic (exact) mass is 498 g/mol. The van der Waals surface area contributed by atoms with Gasteiger partial charge in [-0.3, -0.25) is 14.2 Å². The van der Waals surface area contributed by atoms with Crippen molar-refractivity contribution in [3.63, 3.8) is 0 Å². The molecule has 0 aliphatic carbocycles. The van der Waals surface area contributed by atoms with E-state index in [1.54, 1.807) is 10.6 Å². The molecule has 5 rings (SSSR count). The van der Waals surface area contributed by atoms with E-state index in [-0.39, 0.29) is 17.2 Å². The second-order valence-electron chi connectivity index (χ2n) is 9.07. The van der Waals surface area contributed by atoms with Gasteiger partial charge in [0.25, 0.3) is 5.56 Å². The van der Waals surface area contributed by atoms with Gasteiger partial charge in [-0.05, 0) is 60.9 Å². The summed E-state index contributed by atoms with van der Waals surface area (Å²) in [7, 11) is 0. The number of aryl methyl sites for hydroxylation is 2. The van der Waals surface area contributed by atoms with Crippen LogP contribution >= 0.6 is 11.8 Å². The zero-order valence-corrected chi connectivity index (χ0v) is 21.5. The minimum Gasteiger partial charge on any atom is -0.368 e. The molecular formula is C29H30N4O2S. The fraction of sp³-hybridized carbons (Fsp3) is 0.276. The molecule has 0 N–H and O–H groups in total. The number of rotatable bonds is 6. The predicted octanol–water partition coefficient (Wildman–Crippen LogP) is 4.70. The van der Waals surface area contributed by atoms with Crippen LogP contribution < -0.4 is 10.5 Å². The summed E-state index contributed by atoms with van der Waals surface area (Å²) in [6, 6.07) is 23.8. The number of fused-ring (bicyclic) bond motifs is 1. The highest BCUT2D eigenvalue weighted by Crippen LogP contribution is 2.23. The molecule has 0 bridgehead atoms. The molecule has 1 saturated heterocycles. The first-order valence-electron chi connectivity index (χ1n) is 12.4. The molecule has 36 heavy (non-hydrogen) atoms. The number of carbonyl (C=O) groups excluding carboxylic acids is 1. The quantitative estimate of drug-likeness (QED) is 0.285. The molecule has 4 aromatic rings. The van der Waals surface area contributed by atoms with E-state index in [2.05, 4.69) is 43.0 Å². The first-order valence-corrected chi connectivity index (χ1v) is 13.4. The summed E-state index contributed by atoms with van der Waals surface area (Å²) in [5, 5.41) is 1.11. The van der Waals surface area contributed by atoms with Gasteiger partial charge >= 0.3 is 0 Å². The number of aromatic nitrogens is 2. The van der Waals surface area contributed by atoms with Crippen LogP contribution in [0.4, 0.5) is 5.69 Å². The Labute approximate surface area is 215 Å². The van der Waals surface area contributed by atoms with Gasteiger partial charge in [0.2, 0.25) is 5.91 Å². The highest BCUT2D eigenvalue weighted by atomic mass is 32.2. The zero-order valence-electron chi connectivity index (χ0n) is 20.7. The van der Waals surface area contributed by atoms with Crippen molar-refractivity contribution in [2.45, 2.75) is 25.4 Å². The zero-order chi connectivity index (χ0) is 25.1. The predicted molar refractivity (Wildman–Crippen MR) is 147 cm³/mol. The van der Waals surface area contributed by atoms with Crippen molar-refractivity contribution in [1.82, 2.24) is 14.5 Å². The largest absolute Gasteiger partial charge is 0.368 e. The molecule has 0 radical (unpaired) electrons. The van der Waals surface area contributed by atoms with Gasteiger partial charge in [0, 0.05) is 31.9 Å². The maximum Gasteiger partial charge on any atom is 0.266 e. The second kappa shape index (κ2) is 10.6. The van der Waals surface area contributed by atoms with Crippen molar-refractivity contribution in [2.75, 3.05) is 36.8 Å². The fourth-order valence-corrected chi connectivity index (χ4v) is 5.49. The third-order valence-electron chi connectivity index (χ3n) is 6.67. The smallest absolute Gasteiger partial charge is 0.266 e. The van der Waals surface area contributed by atoms with Crippen LogP contribution in [0.25, 0.3) is 16.6 Å². The van der Waals surface area contributed by atoms with Crippen molar-refractivity contribution in [3.05, 3.63) is 94.3 Å². The van der Waals surface area contributed by atoms with Crippen molar-refractivity contribution in [3.8, 4) is 5.69 Å². The summed E-state index contributed by atoms with van der Waals surface area (Å²) in [4.78, 5) is 35.6. The molecule has 1 fully saturated rings. The maximum atomic E-state index is 13.5. The first-order chi connectivity index (χ1) is 17.5. The molecule has 2 heterocycles. The molecule has 1 aliphatic heterocycles. The number of para-hydroxylation sites is 1. The lowest BCUT2D eigenvalue weighted by Crippen LogP contribution is -2.49. The maximum absolute atomic E-state index is 13.5. The third-order valence-corrected chi connectivity index (χ3v) is 7.59. The van der Waals surface area contributed by atoms with E-state index in [1.807, 2.05) is 47.4 Å². The highest BCUT2D eigenvalue weighted by Gasteiger charge is 2.22. The van der Waals surface area contributed by atoms with E-state index < -0.39 is 0 Å². The lowest BCUT2D eigenvalue weighted by Gasteiger charge is -2.36. The lowest BCUT2D eigenvalue weighted by molar-refractivity contribution is -0.128. The summed E-state index contributed by atoms with van der Waals surface area (Å²) in [6.07, 6.45) is 0.929. The number of piperazine rings is 1. The molecule has 3 aromatic carbocycles. The standard InChI is InChI=1S/C29H30N4O2S/c1-3-22-11-13-23(14-12-22)33-28(35)25-9-4-5-10-26(25)30-29(33)36-20-27(34)32-17-15-31(16-18-32)24-8-6-7-21(2)19-24/h4-14,19H,3,15-18,20H2,1-2H3. The lowest BCUT2D eigenvalue weighted by atomic mass is 10.1. The van der Waals surface area contributed by atoms with Gasteiger partial charge < -0.3 is 9.80 Å². The number of hydrogen-bond donors (Lipinski definition) is 0. The van der Waals surface area contributed by atoms with Gasteiger partial charge in [0.05, 0.1) is 22.3 Å². The first kappa shape index (κ1) is 24.1. The number of carbonyl (C=O) groups is 1. The van der Waals surface area contributed by atoms with Crippen LogP contribution in [-0.2, 0) is 11.2 Å².